The van der Waals surface area contributed by atoms with Crippen LogP contribution in [0.5, 0.6) is 5.75 Å². The van der Waals surface area contributed by atoms with Crippen molar-refractivity contribution >= 4 is 5.78 Å². The van der Waals surface area contributed by atoms with Gasteiger partial charge in [-0.05, 0) is 35.6 Å². The van der Waals surface area contributed by atoms with Gasteiger partial charge in [0.25, 0.3) is 0 Å². The van der Waals surface area contributed by atoms with Crippen LogP contribution in [0.25, 0.3) is 0 Å². The molecule has 0 heterocycles. The number of rotatable bonds is 6. The molecular formula is C19H22O2. The molecule has 0 aliphatic rings. The lowest BCUT2D eigenvalue weighted by Gasteiger charge is -2.07. The fourth-order valence-electron chi connectivity index (χ4n) is 2.37. The maximum absolute atomic E-state index is 12.3. The highest BCUT2D eigenvalue weighted by Crippen LogP contribution is 2.16. The first-order chi connectivity index (χ1) is 10.1. The summed E-state index contributed by atoms with van der Waals surface area (Å²) in [7, 11) is 1.63. The first-order valence-corrected chi connectivity index (χ1v) is 7.33. The zero-order valence-corrected chi connectivity index (χ0v) is 12.9. The third-order valence-corrected chi connectivity index (χ3v) is 3.42. The largest absolute Gasteiger partial charge is 0.497 e. The Hall–Kier alpha value is -2.09. The van der Waals surface area contributed by atoms with Crippen molar-refractivity contribution in [3.63, 3.8) is 0 Å². The van der Waals surface area contributed by atoms with Crippen LogP contribution in [-0.4, -0.2) is 12.9 Å². The first kappa shape index (κ1) is 15.3. The van der Waals surface area contributed by atoms with Crippen molar-refractivity contribution in [2.75, 3.05) is 7.11 Å². The average molecular weight is 282 g/mol. The third-order valence-electron chi connectivity index (χ3n) is 3.42. The topological polar surface area (TPSA) is 26.3 Å². The van der Waals surface area contributed by atoms with Crippen LogP contribution in [0.3, 0.4) is 0 Å². The number of carbonyl (C=O) groups is 1. The molecule has 2 rings (SSSR count). The molecule has 0 N–H and O–H groups in total. The molecule has 0 saturated heterocycles. The number of carbonyl (C=O) groups excluding carboxylic acids is 1. The summed E-state index contributed by atoms with van der Waals surface area (Å²) >= 11 is 0. The molecular weight excluding hydrogens is 260 g/mol. The second-order valence-electron chi connectivity index (χ2n) is 5.75. The van der Waals surface area contributed by atoms with E-state index in [0.717, 1.165) is 23.3 Å². The van der Waals surface area contributed by atoms with E-state index >= 15 is 0 Å². The van der Waals surface area contributed by atoms with E-state index in [0.29, 0.717) is 12.3 Å². The minimum Gasteiger partial charge on any atom is -0.497 e. The van der Waals surface area contributed by atoms with Gasteiger partial charge >= 0.3 is 0 Å². The van der Waals surface area contributed by atoms with Gasteiger partial charge in [-0.1, -0.05) is 50.2 Å². The summed E-state index contributed by atoms with van der Waals surface area (Å²) < 4.78 is 5.18. The number of methoxy groups -OCH3 is 1. The van der Waals surface area contributed by atoms with Crippen molar-refractivity contribution in [3.05, 3.63) is 65.2 Å². The van der Waals surface area contributed by atoms with Gasteiger partial charge in [-0.25, -0.2) is 0 Å². The summed E-state index contributed by atoms with van der Waals surface area (Å²) in [5, 5.41) is 0. The van der Waals surface area contributed by atoms with E-state index in [1.54, 1.807) is 7.11 Å². The molecule has 0 spiro atoms. The molecule has 2 aromatic rings. The van der Waals surface area contributed by atoms with Crippen molar-refractivity contribution in [1.29, 1.82) is 0 Å². The Bertz CT molecular complexity index is 597. The first-order valence-electron chi connectivity index (χ1n) is 7.33. The minimum absolute atomic E-state index is 0.138. The summed E-state index contributed by atoms with van der Waals surface area (Å²) in [6.07, 6.45) is 1.45. The van der Waals surface area contributed by atoms with Gasteiger partial charge in [0.2, 0.25) is 0 Å². The average Bonchev–Trinajstić information content (AvgIpc) is 2.47. The van der Waals surface area contributed by atoms with Gasteiger partial charge < -0.3 is 4.74 Å². The van der Waals surface area contributed by atoms with E-state index in [9.17, 15) is 4.79 Å². The number of ketones is 1. The molecule has 0 bridgehead atoms. The molecule has 2 aromatic carbocycles. The van der Waals surface area contributed by atoms with Gasteiger partial charge in [-0.2, -0.15) is 0 Å². The molecule has 110 valence electrons. The predicted molar refractivity (Wildman–Crippen MR) is 86.0 cm³/mol. The third kappa shape index (κ3) is 4.45. The summed E-state index contributed by atoms with van der Waals surface area (Å²) in [5.74, 6) is 1.55. The Morgan fingerprint density at radius 1 is 1.05 bits per heavy atom. The quantitative estimate of drug-likeness (QED) is 0.738. The maximum Gasteiger partial charge on any atom is 0.167 e. The highest BCUT2D eigenvalue weighted by Gasteiger charge is 2.08. The van der Waals surface area contributed by atoms with Crippen molar-refractivity contribution in [3.8, 4) is 5.75 Å². The van der Waals surface area contributed by atoms with E-state index < -0.39 is 0 Å². The number of benzene rings is 2. The van der Waals surface area contributed by atoms with E-state index in [4.69, 9.17) is 4.74 Å². The smallest absolute Gasteiger partial charge is 0.167 e. The molecule has 0 aromatic heterocycles. The number of Topliss-reactive ketones (excluding diaryl/α,β-unsaturated/α-hetero) is 1. The SMILES string of the molecule is COc1cccc(CC(=O)c2ccc(CC(C)C)cc2)c1. The molecule has 0 atom stereocenters. The van der Waals surface area contributed by atoms with E-state index in [2.05, 4.69) is 26.0 Å². The van der Waals surface area contributed by atoms with Gasteiger partial charge in [0.1, 0.15) is 5.75 Å². The standard InChI is InChI=1S/C19H22O2/c1-14(2)11-15-7-9-17(10-8-15)19(20)13-16-5-4-6-18(12-16)21-3/h4-10,12,14H,11,13H2,1-3H3. The van der Waals surface area contributed by atoms with Crippen LogP contribution in [0.15, 0.2) is 48.5 Å². The number of ether oxygens (including phenoxy) is 1. The van der Waals surface area contributed by atoms with Crippen molar-refractivity contribution in [2.24, 2.45) is 5.92 Å². The Morgan fingerprint density at radius 3 is 2.38 bits per heavy atom. The Labute approximate surface area is 126 Å². The molecule has 0 radical (unpaired) electrons. The van der Waals surface area contributed by atoms with Gasteiger partial charge in [0, 0.05) is 12.0 Å². The Balaban J connectivity index is 2.05. The van der Waals surface area contributed by atoms with Crippen LogP contribution in [0.2, 0.25) is 0 Å². The lowest BCUT2D eigenvalue weighted by atomic mass is 9.98. The van der Waals surface area contributed by atoms with Crippen LogP contribution in [0, 0.1) is 5.92 Å². The molecule has 0 unspecified atom stereocenters. The van der Waals surface area contributed by atoms with Crippen LogP contribution < -0.4 is 4.74 Å². The molecule has 2 heteroatoms. The van der Waals surface area contributed by atoms with Crippen molar-refractivity contribution < 1.29 is 9.53 Å². The lowest BCUT2D eigenvalue weighted by molar-refractivity contribution is 0.0993. The van der Waals surface area contributed by atoms with E-state index in [-0.39, 0.29) is 5.78 Å². The zero-order chi connectivity index (χ0) is 15.2. The molecule has 0 saturated carbocycles. The molecule has 0 aliphatic heterocycles. The molecule has 2 nitrogen and oxygen atoms in total. The molecule has 0 amide bonds. The fourth-order valence-corrected chi connectivity index (χ4v) is 2.37. The summed E-state index contributed by atoms with van der Waals surface area (Å²) in [6.45, 7) is 4.39. The Morgan fingerprint density at radius 2 is 1.76 bits per heavy atom. The zero-order valence-electron chi connectivity index (χ0n) is 12.9. The van der Waals surface area contributed by atoms with Gasteiger partial charge in [-0.3, -0.25) is 4.79 Å². The van der Waals surface area contributed by atoms with Gasteiger partial charge in [0.15, 0.2) is 5.78 Å². The second-order valence-corrected chi connectivity index (χ2v) is 5.75. The molecule has 0 aliphatic carbocycles. The van der Waals surface area contributed by atoms with Crippen molar-refractivity contribution in [1.82, 2.24) is 0 Å². The van der Waals surface area contributed by atoms with Crippen LogP contribution in [0.4, 0.5) is 0 Å². The van der Waals surface area contributed by atoms with Crippen LogP contribution in [0.1, 0.15) is 35.3 Å². The molecule has 21 heavy (non-hydrogen) atoms. The Kier molecular flexibility index (Phi) is 5.15. The minimum atomic E-state index is 0.138. The van der Waals surface area contributed by atoms with Crippen molar-refractivity contribution in [2.45, 2.75) is 26.7 Å². The van der Waals surface area contributed by atoms with E-state index in [1.807, 2.05) is 36.4 Å². The van der Waals surface area contributed by atoms with Crippen LogP contribution in [-0.2, 0) is 12.8 Å². The summed E-state index contributed by atoms with van der Waals surface area (Å²) in [4.78, 5) is 12.3. The summed E-state index contributed by atoms with van der Waals surface area (Å²) in [6, 6.07) is 15.6. The predicted octanol–water partition coefficient (Wildman–Crippen LogP) is 4.32. The number of hydrogen-bond acceptors (Lipinski definition) is 2. The maximum atomic E-state index is 12.3. The lowest BCUT2D eigenvalue weighted by Crippen LogP contribution is -2.04. The highest BCUT2D eigenvalue weighted by molar-refractivity contribution is 5.97. The van der Waals surface area contributed by atoms with Crippen LogP contribution >= 0.6 is 0 Å². The second kappa shape index (κ2) is 7.07. The summed E-state index contributed by atoms with van der Waals surface area (Å²) in [5.41, 5.74) is 3.03. The normalized spacial score (nSPS) is 10.7. The highest BCUT2D eigenvalue weighted by atomic mass is 16.5. The fraction of sp³-hybridized carbons (Fsp3) is 0.316. The number of hydrogen-bond donors (Lipinski definition) is 0. The monoisotopic (exact) mass is 282 g/mol. The van der Waals surface area contributed by atoms with Gasteiger partial charge in [-0.15, -0.1) is 0 Å². The van der Waals surface area contributed by atoms with E-state index in [1.165, 1.54) is 5.56 Å². The van der Waals surface area contributed by atoms with Gasteiger partial charge in [0.05, 0.1) is 7.11 Å². The molecule has 0 fully saturated rings.